The molecule has 2 aromatic carbocycles. The monoisotopic (exact) mass is 338 g/mol. The van der Waals surface area contributed by atoms with Gasteiger partial charge < -0.3 is 10.4 Å². The Hall–Kier alpha value is -3.28. The Morgan fingerprint density at radius 3 is 2.52 bits per heavy atom. The SMILES string of the molecule is O=C(N[C@H](Cc1ccc(F)cc1)C(=O)O)c1ccnc2ccccc12. The molecule has 3 rings (SSSR count). The lowest BCUT2D eigenvalue weighted by atomic mass is 10.0. The van der Waals surface area contributed by atoms with E-state index in [0.29, 0.717) is 22.0 Å². The van der Waals surface area contributed by atoms with Gasteiger partial charge in [-0.1, -0.05) is 30.3 Å². The Balaban J connectivity index is 1.83. The molecule has 0 spiro atoms. The number of benzene rings is 2. The van der Waals surface area contributed by atoms with Gasteiger partial charge in [-0.2, -0.15) is 0 Å². The summed E-state index contributed by atoms with van der Waals surface area (Å²) in [7, 11) is 0. The molecule has 0 unspecified atom stereocenters. The number of para-hydroxylation sites is 1. The predicted octanol–water partition coefficient (Wildman–Crippen LogP) is 2.80. The molecule has 3 aromatic rings. The van der Waals surface area contributed by atoms with Gasteiger partial charge in [-0.05, 0) is 29.8 Å². The number of carbonyl (C=O) groups excluding carboxylic acids is 1. The van der Waals surface area contributed by atoms with Gasteiger partial charge in [0.1, 0.15) is 11.9 Å². The van der Waals surface area contributed by atoms with E-state index in [4.69, 9.17) is 0 Å². The smallest absolute Gasteiger partial charge is 0.326 e. The molecule has 0 bridgehead atoms. The largest absolute Gasteiger partial charge is 0.480 e. The first-order valence-corrected chi connectivity index (χ1v) is 7.66. The van der Waals surface area contributed by atoms with Crippen molar-refractivity contribution in [1.29, 1.82) is 0 Å². The van der Waals surface area contributed by atoms with E-state index in [0.717, 1.165) is 0 Å². The minimum absolute atomic E-state index is 0.0599. The van der Waals surface area contributed by atoms with E-state index >= 15 is 0 Å². The molecule has 0 fully saturated rings. The number of carboxylic acids is 1. The third kappa shape index (κ3) is 3.80. The van der Waals surface area contributed by atoms with Crippen molar-refractivity contribution in [2.24, 2.45) is 0 Å². The number of nitrogens with one attached hydrogen (secondary N) is 1. The predicted molar refractivity (Wildman–Crippen MR) is 90.7 cm³/mol. The second-order valence-electron chi connectivity index (χ2n) is 5.57. The molecule has 2 N–H and O–H groups in total. The van der Waals surface area contributed by atoms with E-state index in [-0.39, 0.29) is 6.42 Å². The van der Waals surface area contributed by atoms with Crippen molar-refractivity contribution in [3.8, 4) is 0 Å². The van der Waals surface area contributed by atoms with Crippen molar-refractivity contribution in [2.45, 2.75) is 12.5 Å². The van der Waals surface area contributed by atoms with Crippen molar-refractivity contribution in [3.63, 3.8) is 0 Å². The molecule has 25 heavy (non-hydrogen) atoms. The average Bonchev–Trinajstić information content (AvgIpc) is 2.62. The number of amides is 1. The number of halogens is 1. The molecule has 0 radical (unpaired) electrons. The maximum atomic E-state index is 13.0. The molecule has 0 saturated heterocycles. The van der Waals surface area contributed by atoms with Gasteiger partial charge in [0.05, 0.1) is 11.1 Å². The number of carboxylic acid groups (broad SMARTS) is 1. The number of pyridine rings is 1. The number of hydrogen-bond acceptors (Lipinski definition) is 3. The van der Waals surface area contributed by atoms with Crippen LogP contribution in [0.2, 0.25) is 0 Å². The van der Waals surface area contributed by atoms with E-state index in [1.165, 1.54) is 30.5 Å². The highest BCUT2D eigenvalue weighted by Crippen LogP contribution is 2.16. The lowest BCUT2D eigenvalue weighted by molar-refractivity contribution is -0.139. The molecule has 5 nitrogen and oxygen atoms in total. The third-order valence-corrected chi connectivity index (χ3v) is 3.85. The van der Waals surface area contributed by atoms with Crippen LogP contribution in [0.25, 0.3) is 10.9 Å². The summed E-state index contributed by atoms with van der Waals surface area (Å²) < 4.78 is 13.0. The Morgan fingerprint density at radius 2 is 1.80 bits per heavy atom. The first-order chi connectivity index (χ1) is 12.0. The topological polar surface area (TPSA) is 79.3 Å². The molecule has 1 heterocycles. The molecular weight excluding hydrogens is 323 g/mol. The van der Waals surface area contributed by atoms with Crippen LogP contribution in [-0.2, 0) is 11.2 Å². The van der Waals surface area contributed by atoms with E-state index in [2.05, 4.69) is 10.3 Å². The summed E-state index contributed by atoms with van der Waals surface area (Å²) in [4.78, 5) is 28.2. The molecule has 0 aliphatic carbocycles. The van der Waals surface area contributed by atoms with Crippen LogP contribution in [0.4, 0.5) is 4.39 Å². The van der Waals surface area contributed by atoms with Gasteiger partial charge in [-0.15, -0.1) is 0 Å². The van der Waals surface area contributed by atoms with Crippen LogP contribution in [-0.4, -0.2) is 28.0 Å². The number of fused-ring (bicyclic) bond motifs is 1. The summed E-state index contributed by atoms with van der Waals surface area (Å²) in [6, 6.07) is 13.1. The zero-order chi connectivity index (χ0) is 17.8. The Labute approximate surface area is 143 Å². The van der Waals surface area contributed by atoms with E-state index in [1.54, 1.807) is 24.3 Å². The molecule has 0 aliphatic heterocycles. The summed E-state index contributed by atoms with van der Waals surface area (Å²) in [6.07, 6.45) is 1.57. The van der Waals surface area contributed by atoms with Gasteiger partial charge in [-0.25, -0.2) is 9.18 Å². The molecule has 126 valence electrons. The maximum Gasteiger partial charge on any atom is 0.326 e. The second kappa shape index (κ2) is 7.09. The number of aliphatic carboxylic acids is 1. The highest BCUT2D eigenvalue weighted by Gasteiger charge is 2.22. The molecule has 1 amide bonds. The number of rotatable bonds is 5. The minimum atomic E-state index is -1.16. The van der Waals surface area contributed by atoms with Crippen molar-refractivity contribution in [3.05, 3.63) is 77.7 Å². The molecular formula is C19H15FN2O3. The summed E-state index contributed by atoms with van der Waals surface area (Å²) in [5.74, 6) is -2.05. The third-order valence-electron chi connectivity index (χ3n) is 3.85. The number of hydrogen-bond donors (Lipinski definition) is 2. The standard InChI is InChI=1S/C19H15FN2O3/c20-13-7-5-12(6-8-13)11-17(19(24)25)22-18(23)15-9-10-21-16-4-2-1-3-14(15)16/h1-10,17H,11H2,(H,22,23)(H,24,25)/t17-/m1/s1. The molecule has 0 saturated carbocycles. The average molecular weight is 338 g/mol. The molecule has 6 heteroatoms. The maximum absolute atomic E-state index is 13.0. The van der Waals surface area contributed by atoms with Crippen molar-refractivity contribution in [2.75, 3.05) is 0 Å². The Kier molecular flexibility index (Phi) is 4.70. The van der Waals surface area contributed by atoms with E-state index in [1.807, 2.05) is 6.07 Å². The van der Waals surface area contributed by atoms with E-state index in [9.17, 15) is 19.1 Å². The lowest BCUT2D eigenvalue weighted by Gasteiger charge is -2.15. The molecule has 1 aromatic heterocycles. The fraction of sp³-hybridized carbons (Fsp3) is 0.105. The highest BCUT2D eigenvalue weighted by atomic mass is 19.1. The highest BCUT2D eigenvalue weighted by molar-refractivity contribution is 6.06. The Bertz CT molecular complexity index is 920. The van der Waals surface area contributed by atoms with Crippen LogP contribution in [0.15, 0.2) is 60.8 Å². The first-order valence-electron chi connectivity index (χ1n) is 7.66. The Morgan fingerprint density at radius 1 is 1.08 bits per heavy atom. The van der Waals surface area contributed by atoms with Crippen molar-refractivity contribution in [1.82, 2.24) is 10.3 Å². The summed E-state index contributed by atoms with van der Waals surface area (Å²) in [6.45, 7) is 0. The van der Waals surface area contributed by atoms with Gasteiger partial charge >= 0.3 is 5.97 Å². The van der Waals surface area contributed by atoms with Gasteiger partial charge in [0.2, 0.25) is 0 Å². The van der Waals surface area contributed by atoms with Crippen molar-refractivity contribution < 1.29 is 19.1 Å². The number of nitrogens with zero attached hydrogens (tertiary/aromatic N) is 1. The van der Waals surface area contributed by atoms with Crippen LogP contribution < -0.4 is 5.32 Å². The van der Waals surface area contributed by atoms with Crippen molar-refractivity contribution >= 4 is 22.8 Å². The fourth-order valence-corrected chi connectivity index (χ4v) is 2.59. The number of carbonyl (C=O) groups is 2. The molecule has 0 aliphatic rings. The second-order valence-corrected chi connectivity index (χ2v) is 5.57. The lowest BCUT2D eigenvalue weighted by Crippen LogP contribution is -2.42. The van der Waals surface area contributed by atoms with Gasteiger partial charge in [0.25, 0.3) is 5.91 Å². The van der Waals surface area contributed by atoms with Crippen LogP contribution >= 0.6 is 0 Å². The zero-order valence-corrected chi connectivity index (χ0v) is 13.1. The minimum Gasteiger partial charge on any atom is -0.480 e. The van der Waals surface area contributed by atoms with Gasteiger partial charge in [0.15, 0.2) is 0 Å². The van der Waals surface area contributed by atoms with Gasteiger partial charge in [0, 0.05) is 18.0 Å². The first kappa shape index (κ1) is 16.6. The van der Waals surface area contributed by atoms with Crippen LogP contribution in [0.5, 0.6) is 0 Å². The quantitative estimate of drug-likeness (QED) is 0.750. The normalized spacial score (nSPS) is 11.9. The summed E-state index contributed by atoms with van der Waals surface area (Å²) in [5.41, 5.74) is 1.63. The summed E-state index contributed by atoms with van der Waals surface area (Å²) in [5, 5.41) is 12.6. The van der Waals surface area contributed by atoms with E-state index < -0.39 is 23.7 Å². The summed E-state index contributed by atoms with van der Waals surface area (Å²) >= 11 is 0. The van der Waals surface area contributed by atoms with Gasteiger partial charge in [-0.3, -0.25) is 9.78 Å². The zero-order valence-electron chi connectivity index (χ0n) is 13.1. The number of aromatic nitrogens is 1. The van der Waals surface area contributed by atoms with Crippen LogP contribution in [0, 0.1) is 5.82 Å². The van der Waals surface area contributed by atoms with Crippen LogP contribution in [0.1, 0.15) is 15.9 Å². The fourth-order valence-electron chi connectivity index (χ4n) is 2.59. The van der Waals surface area contributed by atoms with Crippen LogP contribution in [0.3, 0.4) is 0 Å². The molecule has 1 atom stereocenters.